The minimum atomic E-state index is -0.470. The number of methoxy groups -OCH3 is 1. The summed E-state index contributed by atoms with van der Waals surface area (Å²) in [6, 6.07) is 16.7. The quantitative estimate of drug-likeness (QED) is 0.324. The second-order valence-corrected chi connectivity index (χ2v) is 9.10. The molecule has 7 nitrogen and oxygen atoms in total. The van der Waals surface area contributed by atoms with Crippen LogP contribution < -0.4 is 20.3 Å². The van der Waals surface area contributed by atoms with E-state index in [1.54, 1.807) is 60.7 Å². The fraction of sp³-hybridized carbons (Fsp3) is 0.0435. The monoisotopic (exact) mass is 587 g/mol. The number of imide groups is 1. The zero-order valence-electron chi connectivity index (χ0n) is 17.0. The van der Waals surface area contributed by atoms with Gasteiger partial charge in [-0.1, -0.05) is 34.1 Å². The van der Waals surface area contributed by atoms with Crippen molar-refractivity contribution in [3.63, 3.8) is 0 Å². The number of nitrogens with zero attached hydrogens (tertiary/aromatic N) is 1. The molecule has 1 aliphatic rings. The largest absolute Gasteiger partial charge is 0.495 e. The lowest BCUT2D eigenvalue weighted by atomic mass is 10.1. The summed E-state index contributed by atoms with van der Waals surface area (Å²) < 4.78 is 6.61. The average molecular weight is 589 g/mol. The SMILES string of the molecule is COc1c(Br)cc(Br)cc1C(=O)NC(=S)Nc1cccc(N2C(=O)c3ccccc3C2=O)c1. The van der Waals surface area contributed by atoms with Crippen LogP contribution in [-0.4, -0.2) is 29.9 Å². The fourth-order valence-electron chi connectivity index (χ4n) is 3.42. The van der Waals surface area contributed by atoms with Gasteiger partial charge in [0.25, 0.3) is 17.7 Å². The lowest BCUT2D eigenvalue weighted by Gasteiger charge is -2.16. The lowest BCUT2D eigenvalue weighted by molar-refractivity contribution is 0.0923. The third kappa shape index (κ3) is 4.54. The molecule has 0 unspecified atom stereocenters. The normalized spacial score (nSPS) is 12.4. The van der Waals surface area contributed by atoms with Crippen LogP contribution in [0.1, 0.15) is 31.1 Å². The van der Waals surface area contributed by atoms with Gasteiger partial charge in [0.15, 0.2) is 5.11 Å². The Labute approximate surface area is 211 Å². The Balaban J connectivity index is 1.51. The van der Waals surface area contributed by atoms with Crippen LogP contribution in [0, 0.1) is 0 Å². The Morgan fingerprint density at radius 3 is 2.27 bits per heavy atom. The van der Waals surface area contributed by atoms with Crippen molar-refractivity contribution in [2.24, 2.45) is 0 Å². The summed E-state index contributed by atoms with van der Waals surface area (Å²) in [6.45, 7) is 0. The van der Waals surface area contributed by atoms with E-state index in [0.29, 0.717) is 37.2 Å². The van der Waals surface area contributed by atoms with Crippen LogP contribution in [0.15, 0.2) is 69.6 Å². The number of rotatable bonds is 4. The molecule has 166 valence electrons. The zero-order valence-corrected chi connectivity index (χ0v) is 21.0. The lowest BCUT2D eigenvalue weighted by Crippen LogP contribution is -2.34. The molecule has 2 N–H and O–H groups in total. The topological polar surface area (TPSA) is 87.7 Å². The van der Waals surface area contributed by atoms with Gasteiger partial charge in [-0.25, -0.2) is 4.90 Å². The molecule has 3 aromatic rings. The van der Waals surface area contributed by atoms with Crippen molar-refractivity contribution in [1.82, 2.24) is 5.32 Å². The third-order valence-corrected chi connectivity index (χ3v) is 6.09. The van der Waals surface area contributed by atoms with Crippen LogP contribution in [0.5, 0.6) is 5.75 Å². The van der Waals surface area contributed by atoms with Gasteiger partial charge in [-0.15, -0.1) is 0 Å². The number of carbonyl (C=O) groups is 3. The molecular formula is C23H15Br2N3O4S. The number of hydrogen-bond donors (Lipinski definition) is 2. The van der Waals surface area contributed by atoms with E-state index in [1.165, 1.54) is 7.11 Å². The average Bonchev–Trinajstić information content (AvgIpc) is 3.03. The van der Waals surface area contributed by atoms with Gasteiger partial charge in [-0.05, 0) is 70.6 Å². The Bertz CT molecular complexity index is 1290. The number of thiocarbonyl (C=S) groups is 1. The number of fused-ring (bicyclic) bond motifs is 1. The molecular weight excluding hydrogens is 574 g/mol. The van der Waals surface area contributed by atoms with Crippen LogP contribution in [0.4, 0.5) is 11.4 Å². The molecule has 0 spiro atoms. The highest BCUT2D eigenvalue weighted by atomic mass is 79.9. The van der Waals surface area contributed by atoms with E-state index in [-0.39, 0.29) is 10.7 Å². The first-order chi connectivity index (χ1) is 15.8. The maximum atomic E-state index is 12.8. The molecule has 10 heteroatoms. The van der Waals surface area contributed by atoms with Crippen molar-refractivity contribution >= 4 is 78.3 Å². The summed E-state index contributed by atoms with van der Waals surface area (Å²) in [7, 11) is 1.46. The van der Waals surface area contributed by atoms with Gasteiger partial charge in [0, 0.05) is 10.2 Å². The molecule has 0 radical (unpaired) electrons. The first-order valence-corrected chi connectivity index (χ1v) is 11.5. The third-order valence-electron chi connectivity index (χ3n) is 4.84. The van der Waals surface area contributed by atoms with Gasteiger partial charge in [0.05, 0.1) is 34.0 Å². The molecule has 1 heterocycles. The van der Waals surface area contributed by atoms with Gasteiger partial charge in [-0.2, -0.15) is 0 Å². The number of carbonyl (C=O) groups excluding carboxylic acids is 3. The van der Waals surface area contributed by atoms with E-state index in [2.05, 4.69) is 42.5 Å². The van der Waals surface area contributed by atoms with E-state index in [9.17, 15) is 14.4 Å². The van der Waals surface area contributed by atoms with Crippen molar-refractivity contribution in [2.45, 2.75) is 0 Å². The van der Waals surface area contributed by atoms with Crippen LogP contribution >= 0.6 is 44.1 Å². The summed E-state index contributed by atoms with van der Waals surface area (Å²) in [5.41, 5.74) is 1.88. The highest BCUT2D eigenvalue weighted by Gasteiger charge is 2.36. The number of anilines is 2. The number of benzene rings is 3. The Hall–Kier alpha value is -3.08. The molecule has 0 saturated carbocycles. The maximum absolute atomic E-state index is 12.8. The van der Waals surface area contributed by atoms with Gasteiger partial charge in [-0.3, -0.25) is 19.7 Å². The Morgan fingerprint density at radius 2 is 1.64 bits per heavy atom. The second-order valence-electron chi connectivity index (χ2n) is 6.92. The van der Waals surface area contributed by atoms with Crippen LogP contribution in [0.25, 0.3) is 0 Å². The minimum absolute atomic E-state index is 0.0395. The number of amides is 3. The van der Waals surface area contributed by atoms with E-state index >= 15 is 0 Å². The first kappa shape index (κ1) is 23.1. The highest BCUT2D eigenvalue weighted by Crippen LogP contribution is 2.33. The summed E-state index contributed by atoms with van der Waals surface area (Å²) >= 11 is 12.0. The van der Waals surface area contributed by atoms with Crippen LogP contribution in [0.2, 0.25) is 0 Å². The van der Waals surface area contributed by atoms with Crippen molar-refractivity contribution in [3.05, 3.63) is 86.3 Å². The number of nitrogens with one attached hydrogen (secondary N) is 2. The molecule has 0 saturated heterocycles. The van der Waals surface area contributed by atoms with Crippen molar-refractivity contribution in [2.75, 3.05) is 17.3 Å². The van der Waals surface area contributed by atoms with Crippen molar-refractivity contribution in [3.8, 4) is 5.75 Å². The summed E-state index contributed by atoms with van der Waals surface area (Å²) in [5, 5.41) is 5.56. The smallest absolute Gasteiger partial charge is 0.266 e. The number of ether oxygens (including phenoxy) is 1. The van der Waals surface area contributed by atoms with Crippen LogP contribution in [0.3, 0.4) is 0 Å². The van der Waals surface area contributed by atoms with Gasteiger partial charge in [0.1, 0.15) is 5.75 Å². The highest BCUT2D eigenvalue weighted by molar-refractivity contribution is 9.11. The van der Waals surface area contributed by atoms with Gasteiger partial charge in [0.2, 0.25) is 0 Å². The number of halogens is 2. The Kier molecular flexibility index (Phi) is 6.59. The molecule has 4 rings (SSSR count). The molecule has 33 heavy (non-hydrogen) atoms. The van der Waals surface area contributed by atoms with Crippen molar-refractivity contribution in [1.29, 1.82) is 0 Å². The molecule has 3 aromatic carbocycles. The van der Waals surface area contributed by atoms with Gasteiger partial charge >= 0.3 is 0 Å². The fourth-order valence-corrected chi connectivity index (χ4v) is 5.01. The van der Waals surface area contributed by atoms with E-state index in [4.69, 9.17) is 17.0 Å². The Morgan fingerprint density at radius 1 is 0.970 bits per heavy atom. The molecule has 0 aliphatic carbocycles. The predicted molar refractivity (Wildman–Crippen MR) is 136 cm³/mol. The van der Waals surface area contributed by atoms with E-state index in [1.807, 2.05) is 0 Å². The molecule has 0 atom stereocenters. The zero-order chi connectivity index (χ0) is 23.7. The maximum Gasteiger partial charge on any atom is 0.266 e. The first-order valence-electron chi connectivity index (χ1n) is 9.53. The van der Waals surface area contributed by atoms with E-state index in [0.717, 1.165) is 4.90 Å². The molecule has 1 aliphatic heterocycles. The standard InChI is InChI=1S/C23H15Br2N3O4S/c1-32-19-17(9-12(24)10-18(19)25)20(29)27-23(33)26-13-5-4-6-14(11-13)28-21(30)15-7-2-3-8-16(15)22(28)31/h2-11H,1H3,(H2,26,27,29,33). The van der Waals surface area contributed by atoms with E-state index < -0.39 is 17.7 Å². The van der Waals surface area contributed by atoms with Crippen LogP contribution in [-0.2, 0) is 0 Å². The second kappa shape index (κ2) is 9.42. The summed E-state index contributed by atoms with van der Waals surface area (Å²) in [5.74, 6) is -0.888. The molecule has 3 amide bonds. The number of hydrogen-bond acceptors (Lipinski definition) is 5. The van der Waals surface area contributed by atoms with Crippen molar-refractivity contribution < 1.29 is 19.1 Å². The molecule has 0 fully saturated rings. The van der Waals surface area contributed by atoms with Gasteiger partial charge < -0.3 is 10.1 Å². The molecule has 0 aromatic heterocycles. The minimum Gasteiger partial charge on any atom is -0.495 e. The predicted octanol–water partition coefficient (Wildman–Crippen LogP) is 5.15. The summed E-state index contributed by atoms with van der Waals surface area (Å²) in [6.07, 6.45) is 0. The molecule has 0 bridgehead atoms. The summed E-state index contributed by atoms with van der Waals surface area (Å²) in [4.78, 5) is 39.4.